The van der Waals surface area contributed by atoms with E-state index in [9.17, 15) is 4.79 Å². The highest BCUT2D eigenvalue weighted by Crippen LogP contribution is 2.34. The summed E-state index contributed by atoms with van der Waals surface area (Å²) in [6.45, 7) is 9.47. The minimum absolute atomic E-state index is 0.0213. The Kier molecular flexibility index (Phi) is 10.1. The number of hydrogen-bond donors (Lipinski definition) is 2. The van der Waals surface area contributed by atoms with Crippen molar-refractivity contribution in [1.82, 2.24) is 14.9 Å². The molecule has 1 aromatic heterocycles. The molecule has 0 unspecified atom stereocenters. The molecule has 1 saturated heterocycles. The molecule has 1 aromatic carbocycles. The number of esters is 1. The van der Waals surface area contributed by atoms with Crippen LogP contribution >= 0.6 is 23.2 Å². The molecule has 0 aliphatic carbocycles. The molecule has 3 rings (SSSR count). The van der Waals surface area contributed by atoms with Gasteiger partial charge in [0.1, 0.15) is 28.2 Å². The van der Waals surface area contributed by atoms with Gasteiger partial charge in [-0.1, -0.05) is 11.6 Å². The van der Waals surface area contributed by atoms with E-state index in [4.69, 9.17) is 43.1 Å². The topological polar surface area (TPSA) is 112 Å². The lowest BCUT2D eigenvalue weighted by Crippen LogP contribution is -2.39. The summed E-state index contributed by atoms with van der Waals surface area (Å²) in [5, 5.41) is 3.59. The van der Waals surface area contributed by atoms with Crippen molar-refractivity contribution < 1.29 is 19.0 Å². The van der Waals surface area contributed by atoms with Crippen molar-refractivity contribution in [3.63, 3.8) is 0 Å². The first-order valence-corrected chi connectivity index (χ1v) is 12.6. The van der Waals surface area contributed by atoms with Gasteiger partial charge in [-0.2, -0.15) is 0 Å². The molecule has 1 aliphatic rings. The zero-order chi connectivity index (χ0) is 25.4. The lowest BCUT2D eigenvalue weighted by molar-refractivity contribution is -0.142. The fourth-order valence-electron chi connectivity index (χ4n) is 4.05. The van der Waals surface area contributed by atoms with E-state index in [0.29, 0.717) is 41.8 Å². The van der Waals surface area contributed by atoms with Gasteiger partial charge in [0.05, 0.1) is 26.2 Å². The van der Waals surface area contributed by atoms with Gasteiger partial charge in [0.15, 0.2) is 0 Å². The monoisotopic (exact) mass is 525 g/mol. The van der Waals surface area contributed by atoms with E-state index in [1.54, 1.807) is 6.92 Å². The smallest absolute Gasteiger partial charge is 0.310 e. The van der Waals surface area contributed by atoms with Gasteiger partial charge in [-0.3, -0.25) is 9.69 Å². The van der Waals surface area contributed by atoms with Crippen molar-refractivity contribution in [3.05, 3.63) is 33.7 Å². The van der Waals surface area contributed by atoms with E-state index in [0.717, 1.165) is 38.0 Å². The fourth-order valence-corrected chi connectivity index (χ4v) is 4.50. The van der Waals surface area contributed by atoms with Gasteiger partial charge in [0, 0.05) is 31.2 Å². The lowest BCUT2D eigenvalue weighted by Gasteiger charge is -2.33. The highest BCUT2D eigenvalue weighted by Gasteiger charge is 2.24. The second kappa shape index (κ2) is 13.0. The Morgan fingerprint density at radius 2 is 1.71 bits per heavy atom. The fraction of sp³-hybridized carbons (Fsp3) is 0.542. The van der Waals surface area contributed by atoms with Gasteiger partial charge in [-0.25, -0.2) is 9.97 Å². The predicted octanol–water partition coefficient (Wildman–Crippen LogP) is 4.35. The summed E-state index contributed by atoms with van der Waals surface area (Å²) in [5.41, 5.74) is 8.31. The Morgan fingerprint density at radius 3 is 2.29 bits per heavy atom. The first kappa shape index (κ1) is 27.1. The molecule has 0 bridgehead atoms. The van der Waals surface area contributed by atoms with E-state index in [-0.39, 0.29) is 35.5 Å². The van der Waals surface area contributed by atoms with Crippen LogP contribution in [0.1, 0.15) is 44.7 Å². The number of aromatic nitrogens is 2. The van der Waals surface area contributed by atoms with Crippen LogP contribution in [0.2, 0.25) is 10.4 Å². The molecule has 0 radical (unpaired) electrons. The van der Waals surface area contributed by atoms with Gasteiger partial charge < -0.3 is 25.3 Å². The van der Waals surface area contributed by atoms with E-state index >= 15 is 0 Å². The number of likely N-dealkylation sites (tertiary alicyclic amines) is 1. The van der Waals surface area contributed by atoms with Crippen molar-refractivity contribution >= 4 is 40.7 Å². The number of piperidine rings is 1. The second-order valence-corrected chi connectivity index (χ2v) is 8.86. The highest BCUT2D eigenvalue weighted by molar-refractivity contribution is 6.32. The highest BCUT2D eigenvalue weighted by atomic mass is 35.5. The number of nitrogens with two attached hydrogens (primary N) is 1. The van der Waals surface area contributed by atoms with E-state index in [1.807, 2.05) is 26.0 Å². The van der Waals surface area contributed by atoms with Gasteiger partial charge in [0.2, 0.25) is 5.28 Å². The second-order valence-electron chi connectivity index (χ2n) is 8.16. The molecule has 0 spiro atoms. The van der Waals surface area contributed by atoms with Crippen LogP contribution in [-0.2, 0) is 22.5 Å². The molecule has 1 aliphatic heterocycles. The van der Waals surface area contributed by atoms with Crippen molar-refractivity contribution in [2.45, 2.75) is 52.6 Å². The molecule has 2 aromatic rings. The van der Waals surface area contributed by atoms with Gasteiger partial charge >= 0.3 is 5.97 Å². The molecule has 0 saturated carbocycles. The normalized spacial score (nSPS) is 14.5. The SMILES string of the molecule is CCOC(=O)Cc1c(Cl)nc(Cl)nc1NC1CCN(Cc2cc(OCC)c(N)c(OCC)c2)CC1. The molecule has 2 heterocycles. The molecule has 0 amide bonds. The number of ether oxygens (including phenoxy) is 3. The number of anilines is 2. The Bertz CT molecular complexity index is 989. The first-order chi connectivity index (χ1) is 16.8. The molecule has 9 nitrogen and oxygen atoms in total. The molecular formula is C24H33Cl2N5O4. The number of carbonyl (C=O) groups excluding carboxylic acids is 1. The Balaban J connectivity index is 1.65. The van der Waals surface area contributed by atoms with Crippen LogP contribution in [0.5, 0.6) is 11.5 Å². The van der Waals surface area contributed by atoms with Crippen molar-refractivity contribution in [3.8, 4) is 11.5 Å². The number of rotatable bonds is 11. The van der Waals surface area contributed by atoms with Crippen LogP contribution in [-0.4, -0.2) is 59.8 Å². The van der Waals surface area contributed by atoms with Crippen LogP contribution in [0.3, 0.4) is 0 Å². The zero-order valence-corrected chi connectivity index (χ0v) is 21.9. The maximum Gasteiger partial charge on any atom is 0.310 e. The lowest BCUT2D eigenvalue weighted by atomic mass is 10.0. The van der Waals surface area contributed by atoms with Crippen LogP contribution < -0.4 is 20.5 Å². The number of halogens is 2. The van der Waals surface area contributed by atoms with Crippen LogP contribution in [0.4, 0.5) is 11.5 Å². The largest absolute Gasteiger partial charge is 0.492 e. The van der Waals surface area contributed by atoms with Crippen LogP contribution in [0.15, 0.2) is 12.1 Å². The maximum absolute atomic E-state index is 12.0. The van der Waals surface area contributed by atoms with Gasteiger partial charge in [0.25, 0.3) is 0 Å². The minimum Gasteiger partial charge on any atom is -0.492 e. The minimum atomic E-state index is -0.389. The quantitative estimate of drug-likeness (QED) is 0.191. The average Bonchev–Trinajstić information content (AvgIpc) is 2.81. The molecule has 3 N–H and O–H groups in total. The average molecular weight is 526 g/mol. The van der Waals surface area contributed by atoms with Gasteiger partial charge in [-0.05, 0) is 62.9 Å². The number of benzene rings is 1. The number of nitrogen functional groups attached to an aromatic ring is 1. The summed E-state index contributed by atoms with van der Waals surface area (Å²) < 4.78 is 16.5. The summed E-state index contributed by atoms with van der Waals surface area (Å²) in [6.07, 6.45) is 1.74. The van der Waals surface area contributed by atoms with Gasteiger partial charge in [-0.15, -0.1) is 0 Å². The third-order valence-corrected chi connectivity index (χ3v) is 6.14. The molecule has 1 fully saturated rings. The number of nitrogens with one attached hydrogen (secondary N) is 1. The third-order valence-electron chi connectivity index (χ3n) is 5.65. The number of nitrogens with zero attached hydrogens (tertiary/aromatic N) is 3. The molecule has 35 heavy (non-hydrogen) atoms. The van der Waals surface area contributed by atoms with Crippen molar-refractivity contribution in [1.29, 1.82) is 0 Å². The first-order valence-electron chi connectivity index (χ1n) is 11.9. The van der Waals surface area contributed by atoms with Crippen molar-refractivity contribution in [2.24, 2.45) is 0 Å². The van der Waals surface area contributed by atoms with Crippen molar-refractivity contribution in [2.75, 3.05) is 44.0 Å². The van der Waals surface area contributed by atoms with E-state index < -0.39 is 0 Å². The number of carbonyl (C=O) groups is 1. The summed E-state index contributed by atoms with van der Waals surface area (Å²) in [4.78, 5) is 22.7. The Hall–Kier alpha value is -2.49. The Labute approximate surface area is 216 Å². The number of hydrogen-bond acceptors (Lipinski definition) is 9. The maximum atomic E-state index is 12.0. The molecular weight excluding hydrogens is 493 g/mol. The standard InChI is InChI=1S/C24H33Cl2N5O4/c1-4-33-18-11-15(12-19(21(18)27)34-5-2)14-31-9-7-16(8-10-31)28-23-17(13-20(32)35-6-3)22(25)29-24(26)30-23/h11-12,16H,4-10,13-14,27H2,1-3H3,(H,28,29,30). The zero-order valence-electron chi connectivity index (χ0n) is 20.4. The molecule has 0 atom stereocenters. The summed E-state index contributed by atoms with van der Waals surface area (Å²) >= 11 is 12.3. The van der Waals surface area contributed by atoms with Crippen LogP contribution in [0.25, 0.3) is 0 Å². The third kappa shape index (κ3) is 7.49. The van der Waals surface area contributed by atoms with E-state index in [1.165, 1.54) is 0 Å². The van der Waals surface area contributed by atoms with Crippen LogP contribution in [0, 0.1) is 0 Å². The Morgan fingerprint density at radius 1 is 1.09 bits per heavy atom. The summed E-state index contributed by atoms with van der Waals surface area (Å²) in [5.74, 6) is 1.38. The summed E-state index contributed by atoms with van der Waals surface area (Å²) in [6, 6.07) is 4.12. The summed E-state index contributed by atoms with van der Waals surface area (Å²) in [7, 11) is 0. The molecule has 11 heteroatoms. The predicted molar refractivity (Wildman–Crippen MR) is 138 cm³/mol. The molecule has 192 valence electrons. The van der Waals surface area contributed by atoms with E-state index in [2.05, 4.69) is 20.2 Å².